The van der Waals surface area contributed by atoms with Crippen molar-refractivity contribution in [2.45, 2.75) is 37.0 Å². The molecule has 1 aliphatic heterocycles. The summed E-state index contributed by atoms with van der Waals surface area (Å²) in [4.78, 5) is 28.9. The third-order valence-corrected chi connectivity index (χ3v) is 6.54. The summed E-state index contributed by atoms with van der Waals surface area (Å²) < 4.78 is 5.02. The van der Waals surface area contributed by atoms with E-state index in [0.29, 0.717) is 19.7 Å². The molecule has 29 heavy (non-hydrogen) atoms. The van der Waals surface area contributed by atoms with Crippen LogP contribution in [0.15, 0.2) is 53.4 Å². The Morgan fingerprint density at radius 2 is 1.93 bits per heavy atom. The van der Waals surface area contributed by atoms with Crippen LogP contribution in [0.3, 0.4) is 0 Å². The van der Waals surface area contributed by atoms with Crippen LogP contribution >= 0.6 is 11.8 Å². The fraction of sp³-hybridized carbons (Fsp3) is 0.391. The minimum absolute atomic E-state index is 0.0196. The Hall–Kier alpha value is -2.31. The number of benzene rings is 2. The highest BCUT2D eigenvalue weighted by Gasteiger charge is 2.39. The van der Waals surface area contributed by atoms with Crippen LogP contribution < -0.4 is 10.2 Å². The number of para-hydroxylation sites is 1. The number of thioether (sulfide) groups is 1. The van der Waals surface area contributed by atoms with E-state index < -0.39 is 11.2 Å². The Balaban J connectivity index is 1.79. The molecule has 0 saturated carbocycles. The highest BCUT2D eigenvalue weighted by atomic mass is 32.2. The number of nitrogens with one attached hydrogen (secondary N) is 1. The summed E-state index contributed by atoms with van der Waals surface area (Å²) in [7, 11) is 1.64. The van der Waals surface area contributed by atoms with Crippen molar-refractivity contribution in [3.8, 4) is 0 Å². The van der Waals surface area contributed by atoms with Crippen LogP contribution in [0.1, 0.15) is 24.5 Å². The van der Waals surface area contributed by atoms with Gasteiger partial charge in [-0.25, -0.2) is 0 Å². The highest BCUT2D eigenvalue weighted by molar-refractivity contribution is 8.01. The van der Waals surface area contributed by atoms with Crippen molar-refractivity contribution in [3.05, 3.63) is 59.7 Å². The first-order valence-electron chi connectivity index (χ1n) is 9.90. The van der Waals surface area contributed by atoms with Gasteiger partial charge >= 0.3 is 0 Å². The summed E-state index contributed by atoms with van der Waals surface area (Å²) in [5, 5.41) is 2.48. The predicted octanol–water partition coefficient (Wildman–Crippen LogP) is 3.79. The number of aryl methyl sites for hydroxylation is 1. The summed E-state index contributed by atoms with van der Waals surface area (Å²) in [6, 6.07) is 16.1. The van der Waals surface area contributed by atoms with Crippen molar-refractivity contribution in [1.82, 2.24) is 5.32 Å². The molecule has 0 aliphatic carbocycles. The molecule has 3 rings (SSSR count). The molecule has 2 aromatic carbocycles. The van der Waals surface area contributed by atoms with Crippen molar-refractivity contribution >= 4 is 29.3 Å². The van der Waals surface area contributed by atoms with Gasteiger partial charge in [0.1, 0.15) is 5.25 Å². The van der Waals surface area contributed by atoms with Gasteiger partial charge in [0.25, 0.3) is 0 Å². The molecule has 0 fully saturated rings. The van der Waals surface area contributed by atoms with Crippen molar-refractivity contribution in [2.24, 2.45) is 5.92 Å². The third-order valence-electron chi connectivity index (χ3n) is 5.07. The van der Waals surface area contributed by atoms with Crippen molar-refractivity contribution in [2.75, 3.05) is 25.2 Å². The number of methoxy groups -OCH3 is 1. The molecule has 0 spiro atoms. The zero-order chi connectivity index (χ0) is 20.8. The zero-order valence-electron chi connectivity index (χ0n) is 17.2. The Labute approximate surface area is 176 Å². The molecule has 0 saturated heterocycles. The molecule has 1 N–H and O–H groups in total. The second kappa shape index (κ2) is 9.94. The first-order valence-corrected chi connectivity index (χ1v) is 10.8. The monoisotopic (exact) mass is 412 g/mol. The van der Waals surface area contributed by atoms with Crippen molar-refractivity contribution < 1.29 is 14.3 Å². The van der Waals surface area contributed by atoms with Gasteiger partial charge in [0.15, 0.2) is 0 Å². The van der Waals surface area contributed by atoms with Crippen LogP contribution in [-0.4, -0.2) is 37.3 Å². The molecule has 2 atom stereocenters. The predicted molar refractivity (Wildman–Crippen MR) is 117 cm³/mol. The standard InChI is InChI=1S/C23H28N2O3S/c1-16-9-11-18(12-10-16)15-25-19-7-4-5-8-20(19)29-21(23(25)27)17(2)22(26)24-13-6-14-28-3/h4-5,7-12,17,21H,6,13-15H2,1-3H3,(H,24,26). The van der Waals surface area contributed by atoms with Crippen LogP contribution in [0, 0.1) is 12.8 Å². The lowest BCUT2D eigenvalue weighted by atomic mass is 10.0. The van der Waals surface area contributed by atoms with E-state index in [9.17, 15) is 9.59 Å². The minimum atomic E-state index is -0.447. The fourth-order valence-corrected chi connectivity index (χ4v) is 4.61. The average Bonchev–Trinajstić information content (AvgIpc) is 2.73. The number of rotatable bonds is 8. The normalized spacial score (nSPS) is 17.0. The Kier molecular flexibility index (Phi) is 7.34. The van der Waals surface area contributed by atoms with E-state index >= 15 is 0 Å². The lowest BCUT2D eigenvalue weighted by molar-refractivity contribution is -0.128. The quantitative estimate of drug-likeness (QED) is 0.670. The van der Waals surface area contributed by atoms with E-state index in [1.165, 1.54) is 17.3 Å². The summed E-state index contributed by atoms with van der Waals surface area (Å²) in [5.74, 6) is -0.542. The summed E-state index contributed by atoms with van der Waals surface area (Å²) in [6.07, 6.45) is 0.753. The van der Waals surface area contributed by atoms with E-state index in [1.54, 1.807) is 7.11 Å². The van der Waals surface area contributed by atoms with Crippen LogP contribution in [0.5, 0.6) is 0 Å². The summed E-state index contributed by atoms with van der Waals surface area (Å²) >= 11 is 1.49. The lowest BCUT2D eigenvalue weighted by Crippen LogP contribution is -2.47. The number of ether oxygens (including phenoxy) is 1. The van der Waals surface area contributed by atoms with Gasteiger partial charge in [-0.15, -0.1) is 11.8 Å². The number of anilines is 1. The number of amides is 2. The van der Waals surface area contributed by atoms with E-state index in [-0.39, 0.29) is 11.8 Å². The number of carbonyl (C=O) groups excluding carboxylic acids is 2. The molecule has 1 aliphatic rings. The third kappa shape index (κ3) is 5.19. The van der Waals surface area contributed by atoms with E-state index in [4.69, 9.17) is 4.74 Å². The van der Waals surface area contributed by atoms with Gasteiger partial charge in [-0.3, -0.25) is 9.59 Å². The molecule has 6 heteroatoms. The second-order valence-electron chi connectivity index (χ2n) is 7.34. The van der Waals surface area contributed by atoms with E-state index in [2.05, 4.69) is 17.4 Å². The maximum absolute atomic E-state index is 13.4. The first kappa shape index (κ1) is 21.4. The van der Waals surface area contributed by atoms with E-state index in [1.807, 2.05) is 55.1 Å². The smallest absolute Gasteiger partial charge is 0.241 e. The number of nitrogens with zero attached hydrogens (tertiary/aromatic N) is 1. The lowest BCUT2D eigenvalue weighted by Gasteiger charge is -2.35. The molecule has 2 amide bonds. The van der Waals surface area contributed by atoms with Crippen LogP contribution in [0.2, 0.25) is 0 Å². The Morgan fingerprint density at radius 3 is 2.66 bits per heavy atom. The Morgan fingerprint density at radius 1 is 1.21 bits per heavy atom. The first-order chi connectivity index (χ1) is 14.0. The molecule has 0 radical (unpaired) electrons. The van der Waals surface area contributed by atoms with Crippen molar-refractivity contribution in [1.29, 1.82) is 0 Å². The molecular weight excluding hydrogens is 384 g/mol. The molecule has 0 aromatic heterocycles. The number of hydrogen-bond acceptors (Lipinski definition) is 4. The highest BCUT2D eigenvalue weighted by Crippen LogP contribution is 2.42. The van der Waals surface area contributed by atoms with Gasteiger partial charge in [0.2, 0.25) is 11.8 Å². The SMILES string of the molecule is COCCCNC(=O)C(C)C1Sc2ccccc2N(Cc2ccc(C)cc2)C1=O. The summed E-state index contributed by atoms with van der Waals surface area (Å²) in [5.41, 5.74) is 3.17. The molecular formula is C23H28N2O3S. The largest absolute Gasteiger partial charge is 0.385 e. The van der Waals surface area contributed by atoms with Crippen LogP contribution in [0.4, 0.5) is 5.69 Å². The van der Waals surface area contributed by atoms with Gasteiger partial charge in [-0.05, 0) is 31.0 Å². The van der Waals surface area contributed by atoms with Crippen molar-refractivity contribution in [3.63, 3.8) is 0 Å². The van der Waals surface area contributed by atoms with Crippen LogP contribution in [0.25, 0.3) is 0 Å². The minimum Gasteiger partial charge on any atom is -0.385 e. The molecule has 154 valence electrons. The number of carbonyl (C=O) groups is 2. The van der Waals surface area contributed by atoms with Gasteiger partial charge in [0, 0.05) is 25.2 Å². The topological polar surface area (TPSA) is 58.6 Å². The maximum atomic E-state index is 13.4. The van der Waals surface area contributed by atoms with Gasteiger partial charge in [-0.1, -0.05) is 48.9 Å². The number of hydrogen-bond donors (Lipinski definition) is 1. The van der Waals surface area contributed by atoms with Crippen LogP contribution in [-0.2, 0) is 20.9 Å². The molecule has 1 heterocycles. The molecule has 5 nitrogen and oxygen atoms in total. The molecule has 0 bridgehead atoms. The number of fused-ring (bicyclic) bond motifs is 1. The van der Waals surface area contributed by atoms with Gasteiger partial charge in [0.05, 0.1) is 18.2 Å². The molecule has 2 unspecified atom stereocenters. The fourth-order valence-electron chi connectivity index (χ4n) is 3.32. The molecule has 2 aromatic rings. The summed E-state index contributed by atoms with van der Waals surface area (Å²) in [6.45, 7) is 5.52. The second-order valence-corrected chi connectivity index (χ2v) is 8.53. The average molecular weight is 413 g/mol. The Bertz CT molecular complexity index is 853. The van der Waals surface area contributed by atoms with Gasteiger partial charge in [-0.2, -0.15) is 0 Å². The van der Waals surface area contributed by atoms with Gasteiger partial charge < -0.3 is 15.0 Å². The van der Waals surface area contributed by atoms with E-state index in [0.717, 1.165) is 22.6 Å². The zero-order valence-corrected chi connectivity index (χ0v) is 18.0. The maximum Gasteiger partial charge on any atom is 0.241 e.